The van der Waals surface area contributed by atoms with Gasteiger partial charge in [0, 0.05) is 25.7 Å². The predicted molar refractivity (Wildman–Crippen MR) is 77.6 cm³/mol. The lowest BCUT2D eigenvalue weighted by molar-refractivity contribution is 0.158. The van der Waals surface area contributed by atoms with E-state index in [4.69, 9.17) is 4.74 Å². The number of benzene rings is 1. The molecule has 0 fully saturated rings. The van der Waals surface area contributed by atoms with Crippen molar-refractivity contribution in [2.75, 3.05) is 37.6 Å². The zero-order chi connectivity index (χ0) is 15.4. The predicted octanol–water partition coefficient (Wildman–Crippen LogP) is 0.942. The summed E-state index contributed by atoms with van der Waals surface area (Å²) in [6, 6.07) is 4.01. The van der Waals surface area contributed by atoms with Crippen LogP contribution in [0.4, 0.5) is 5.69 Å². The fourth-order valence-corrected chi connectivity index (χ4v) is 3.19. The van der Waals surface area contributed by atoms with Crippen LogP contribution in [0.5, 0.6) is 0 Å². The topological polar surface area (TPSA) is 89.5 Å². The molecule has 0 aliphatic heterocycles. The molecule has 0 aliphatic rings. The van der Waals surface area contributed by atoms with Crippen LogP contribution in [0.1, 0.15) is 6.92 Å². The van der Waals surface area contributed by atoms with Crippen molar-refractivity contribution in [2.45, 2.75) is 16.7 Å². The molecule has 8 heteroatoms. The van der Waals surface area contributed by atoms with Gasteiger partial charge in [-0.05, 0) is 25.1 Å². The normalized spacial score (nSPS) is 12.3. The van der Waals surface area contributed by atoms with Crippen molar-refractivity contribution in [3.63, 3.8) is 0 Å². The second-order valence-electron chi connectivity index (χ2n) is 4.33. The highest BCUT2D eigenvalue weighted by Crippen LogP contribution is 2.24. The molecule has 0 saturated carbocycles. The maximum atomic E-state index is 11.8. The Kier molecular flexibility index (Phi) is 5.55. The first-order valence-electron chi connectivity index (χ1n) is 6.02. The summed E-state index contributed by atoms with van der Waals surface area (Å²) in [5.74, 6) is 0. The van der Waals surface area contributed by atoms with Gasteiger partial charge in [0.05, 0.1) is 22.1 Å². The first kappa shape index (κ1) is 16.9. The lowest BCUT2D eigenvalue weighted by atomic mass is 10.3. The van der Waals surface area contributed by atoms with Crippen LogP contribution in [-0.4, -0.2) is 49.1 Å². The van der Waals surface area contributed by atoms with Crippen molar-refractivity contribution in [2.24, 2.45) is 0 Å². The van der Waals surface area contributed by atoms with E-state index in [2.05, 4.69) is 5.32 Å². The second-order valence-corrected chi connectivity index (χ2v) is 8.33. The van der Waals surface area contributed by atoms with E-state index in [9.17, 15) is 16.8 Å². The van der Waals surface area contributed by atoms with Gasteiger partial charge < -0.3 is 10.1 Å². The van der Waals surface area contributed by atoms with Gasteiger partial charge in [-0.2, -0.15) is 0 Å². The van der Waals surface area contributed by atoms with Crippen molar-refractivity contribution in [1.82, 2.24) is 0 Å². The molecule has 0 heterocycles. The van der Waals surface area contributed by atoms with E-state index in [1.807, 2.05) is 6.92 Å². The number of anilines is 1. The summed E-state index contributed by atoms with van der Waals surface area (Å²) in [5.41, 5.74) is 0.375. The Morgan fingerprint density at radius 3 is 2.25 bits per heavy atom. The van der Waals surface area contributed by atoms with E-state index < -0.39 is 19.7 Å². The minimum atomic E-state index is -3.53. The summed E-state index contributed by atoms with van der Waals surface area (Å²) in [4.78, 5) is -0.0507. The molecule has 0 aromatic heterocycles. The molecule has 20 heavy (non-hydrogen) atoms. The highest BCUT2D eigenvalue weighted by atomic mass is 32.2. The van der Waals surface area contributed by atoms with Gasteiger partial charge in [-0.3, -0.25) is 0 Å². The smallest absolute Gasteiger partial charge is 0.177 e. The van der Waals surface area contributed by atoms with Gasteiger partial charge in [-0.1, -0.05) is 0 Å². The Balaban J connectivity index is 3.12. The fourth-order valence-electron chi connectivity index (χ4n) is 1.59. The fraction of sp³-hybridized carbons (Fsp3) is 0.500. The van der Waals surface area contributed by atoms with Gasteiger partial charge in [0.15, 0.2) is 19.7 Å². The molecule has 0 aliphatic carbocycles. The van der Waals surface area contributed by atoms with Crippen molar-refractivity contribution in [3.05, 3.63) is 18.2 Å². The lowest BCUT2D eigenvalue weighted by Crippen LogP contribution is -2.13. The molecular weight excluding hydrogens is 302 g/mol. The molecule has 6 nitrogen and oxygen atoms in total. The van der Waals surface area contributed by atoms with Gasteiger partial charge in [-0.25, -0.2) is 16.8 Å². The number of rotatable bonds is 7. The third kappa shape index (κ3) is 4.77. The van der Waals surface area contributed by atoms with Crippen LogP contribution in [0.25, 0.3) is 0 Å². The number of ether oxygens (including phenoxy) is 1. The van der Waals surface area contributed by atoms with Crippen LogP contribution in [0, 0.1) is 0 Å². The molecule has 1 aromatic rings. The average Bonchev–Trinajstić information content (AvgIpc) is 2.32. The van der Waals surface area contributed by atoms with Crippen LogP contribution in [0.3, 0.4) is 0 Å². The molecule has 0 spiro atoms. The number of hydrogen-bond acceptors (Lipinski definition) is 6. The largest absolute Gasteiger partial charge is 0.382 e. The van der Waals surface area contributed by atoms with E-state index in [0.717, 1.165) is 12.5 Å². The van der Waals surface area contributed by atoms with Gasteiger partial charge in [-0.15, -0.1) is 0 Å². The van der Waals surface area contributed by atoms with Gasteiger partial charge in [0.2, 0.25) is 0 Å². The number of hydrogen-bond donors (Lipinski definition) is 1. The first-order chi connectivity index (χ1) is 9.16. The Labute approximate surface area is 120 Å². The second kappa shape index (κ2) is 6.55. The maximum absolute atomic E-state index is 11.8. The van der Waals surface area contributed by atoms with Crippen molar-refractivity contribution in [1.29, 1.82) is 0 Å². The molecule has 0 bridgehead atoms. The Bertz CT molecular complexity index is 665. The third-order valence-corrected chi connectivity index (χ3v) is 4.79. The molecule has 1 N–H and O–H groups in total. The summed E-state index contributed by atoms with van der Waals surface area (Å²) >= 11 is 0. The Hall–Kier alpha value is -1.12. The molecule has 0 amide bonds. The highest BCUT2D eigenvalue weighted by molar-refractivity contribution is 7.91. The monoisotopic (exact) mass is 321 g/mol. The minimum Gasteiger partial charge on any atom is -0.382 e. The molecule has 0 atom stereocenters. The molecule has 0 radical (unpaired) electrons. The quantitative estimate of drug-likeness (QED) is 0.752. The molecule has 0 saturated heterocycles. The molecule has 0 unspecified atom stereocenters. The summed E-state index contributed by atoms with van der Waals surface area (Å²) in [5, 5.41) is 2.93. The summed E-state index contributed by atoms with van der Waals surface area (Å²) in [7, 11) is -6.98. The van der Waals surface area contributed by atoms with Crippen LogP contribution in [0.2, 0.25) is 0 Å². The first-order valence-corrected chi connectivity index (χ1v) is 9.80. The van der Waals surface area contributed by atoms with Gasteiger partial charge in [0.25, 0.3) is 0 Å². The number of sulfone groups is 2. The maximum Gasteiger partial charge on any atom is 0.177 e. The van der Waals surface area contributed by atoms with Crippen molar-refractivity contribution >= 4 is 25.4 Å². The van der Waals surface area contributed by atoms with Crippen molar-refractivity contribution in [3.8, 4) is 0 Å². The highest BCUT2D eigenvalue weighted by Gasteiger charge is 2.17. The van der Waals surface area contributed by atoms with Crippen LogP contribution < -0.4 is 5.32 Å². The van der Waals surface area contributed by atoms with Crippen LogP contribution in [0.15, 0.2) is 28.0 Å². The lowest BCUT2D eigenvalue weighted by Gasteiger charge is -2.12. The standard InChI is InChI=1S/C12H19NO5S2/c1-4-18-8-7-13-11-6-5-10(19(2,14)15)9-12(11)20(3,16)17/h5-6,9,13H,4,7-8H2,1-3H3. The van der Waals surface area contributed by atoms with E-state index in [1.54, 1.807) is 0 Å². The average molecular weight is 321 g/mol. The summed E-state index contributed by atoms with van der Waals surface area (Å²) in [6.07, 6.45) is 2.08. The minimum absolute atomic E-state index is 0.0201. The van der Waals surface area contributed by atoms with E-state index in [-0.39, 0.29) is 9.79 Å². The van der Waals surface area contributed by atoms with Gasteiger partial charge in [0.1, 0.15) is 0 Å². The number of nitrogens with one attached hydrogen (secondary N) is 1. The molecular formula is C12H19NO5S2. The van der Waals surface area contributed by atoms with Crippen LogP contribution in [-0.2, 0) is 24.4 Å². The Morgan fingerprint density at radius 2 is 1.75 bits per heavy atom. The summed E-state index contributed by atoms with van der Waals surface area (Å²) < 4.78 is 51.6. The van der Waals surface area contributed by atoms with Crippen molar-refractivity contribution < 1.29 is 21.6 Å². The van der Waals surface area contributed by atoms with Gasteiger partial charge >= 0.3 is 0 Å². The molecule has 1 aromatic carbocycles. The summed E-state index contributed by atoms with van der Waals surface area (Å²) in [6.45, 7) is 3.32. The van der Waals surface area contributed by atoms with E-state index in [1.165, 1.54) is 18.2 Å². The zero-order valence-corrected chi connectivity index (χ0v) is 13.3. The Morgan fingerprint density at radius 1 is 1.10 bits per heavy atom. The zero-order valence-electron chi connectivity index (χ0n) is 11.7. The molecule has 1 rings (SSSR count). The third-order valence-electron chi connectivity index (χ3n) is 2.55. The SMILES string of the molecule is CCOCCNc1ccc(S(C)(=O)=O)cc1S(C)(=O)=O. The van der Waals surface area contributed by atoms with E-state index >= 15 is 0 Å². The van der Waals surface area contributed by atoms with Crippen LogP contribution >= 0.6 is 0 Å². The molecule has 114 valence electrons. The van der Waals surface area contributed by atoms with E-state index in [0.29, 0.717) is 25.4 Å².